The summed E-state index contributed by atoms with van der Waals surface area (Å²) in [5.41, 5.74) is 1.92. The molecule has 1 amide bonds. The smallest absolute Gasteiger partial charge is 0.296 e. The number of rotatable bonds is 7. The number of carbonyl (C=O) groups excluding carboxylic acids is 2. The highest BCUT2D eigenvalue weighted by molar-refractivity contribution is 6.51. The fourth-order valence-corrected chi connectivity index (χ4v) is 2.10. The molecule has 20 heavy (non-hydrogen) atoms. The third kappa shape index (κ3) is 2.97. The second-order valence-electron chi connectivity index (χ2n) is 4.49. The standard InChI is InChI=1S/C14H18N2O4/c1-19-7-5-16(6-8-20-2)10-3-4-11-12(9-10)15-14(18)13(11)17/h3-4,9H,5-8H2,1-2H3,(H,15,17,18). The molecular formula is C14H18N2O4. The molecule has 0 radical (unpaired) electrons. The zero-order chi connectivity index (χ0) is 14.5. The maximum absolute atomic E-state index is 11.6. The van der Waals surface area contributed by atoms with Gasteiger partial charge in [-0.1, -0.05) is 0 Å². The number of benzene rings is 1. The molecule has 1 heterocycles. The lowest BCUT2D eigenvalue weighted by Crippen LogP contribution is -2.30. The van der Waals surface area contributed by atoms with Crippen LogP contribution in [0.15, 0.2) is 18.2 Å². The van der Waals surface area contributed by atoms with E-state index in [0.717, 1.165) is 5.69 Å². The number of anilines is 2. The van der Waals surface area contributed by atoms with Gasteiger partial charge in [0, 0.05) is 33.0 Å². The summed E-state index contributed by atoms with van der Waals surface area (Å²) in [6, 6.07) is 5.32. The van der Waals surface area contributed by atoms with Crippen molar-refractivity contribution in [2.75, 3.05) is 50.7 Å². The summed E-state index contributed by atoms with van der Waals surface area (Å²) in [7, 11) is 3.30. The monoisotopic (exact) mass is 278 g/mol. The quantitative estimate of drug-likeness (QED) is 0.751. The van der Waals surface area contributed by atoms with Crippen molar-refractivity contribution >= 4 is 23.1 Å². The molecule has 1 aromatic rings. The van der Waals surface area contributed by atoms with Crippen molar-refractivity contribution in [3.05, 3.63) is 23.8 Å². The van der Waals surface area contributed by atoms with Gasteiger partial charge in [0.2, 0.25) is 0 Å². The molecule has 6 nitrogen and oxygen atoms in total. The van der Waals surface area contributed by atoms with Crippen molar-refractivity contribution in [1.82, 2.24) is 0 Å². The average Bonchev–Trinajstić information content (AvgIpc) is 2.74. The number of ether oxygens (including phenoxy) is 2. The van der Waals surface area contributed by atoms with Gasteiger partial charge in [0.05, 0.1) is 24.5 Å². The number of carbonyl (C=O) groups is 2. The van der Waals surface area contributed by atoms with Crippen LogP contribution in [0.5, 0.6) is 0 Å². The van der Waals surface area contributed by atoms with E-state index in [9.17, 15) is 9.59 Å². The summed E-state index contributed by atoms with van der Waals surface area (Å²) in [5, 5.41) is 2.58. The van der Waals surface area contributed by atoms with Crippen molar-refractivity contribution in [2.24, 2.45) is 0 Å². The van der Waals surface area contributed by atoms with E-state index in [1.165, 1.54) is 0 Å². The highest BCUT2D eigenvalue weighted by Crippen LogP contribution is 2.28. The van der Waals surface area contributed by atoms with Gasteiger partial charge in [-0.3, -0.25) is 9.59 Å². The molecule has 0 spiro atoms. The Balaban J connectivity index is 2.19. The van der Waals surface area contributed by atoms with Gasteiger partial charge in [0.25, 0.3) is 11.7 Å². The number of amides is 1. The van der Waals surface area contributed by atoms with E-state index >= 15 is 0 Å². The molecule has 1 aliphatic rings. The number of nitrogens with one attached hydrogen (secondary N) is 1. The van der Waals surface area contributed by atoms with E-state index < -0.39 is 11.7 Å². The van der Waals surface area contributed by atoms with Gasteiger partial charge in [0.1, 0.15) is 0 Å². The first-order valence-corrected chi connectivity index (χ1v) is 6.40. The molecule has 1 N–H and O–H groups in total. The molecule has 1 aromatic carbocycles. The summed E-state index contributed by atoms with van der Waals surface area (Å²) < 4.78 is 10.2. The van der Waals surface area contributed by atoms with Gasteiger partial charge in [-0.25, -0.2) is 0 Å². The van der Waals surface area contributed by atoms with Crippen LogP contribution in [0.25, 0.3) is 0 Å². The Morgan fingerprint density at radius 3 is 2.35 bits per heavy atom. The van der Waals surface area contributed by atoms with Crippen LogP contribution in [0.2, 0.25) is 0 Å². The number of Topliss-reactive ketones (excluding diaryl/α,β-unsaturated/α-hetero) is 1. The maximum atomic E-state index is 11.6. The topological polar surface area (TPSA) is 67.9 Å². The van der Waals surface area contributed by atoms with Crippen LogP contribution in [0.1, 0.15) is 10.4 Å². The second kappa shape index (κ2) is 6.49. The first kappa shape index (κ1) is 14.5. The molecular weight excluding hydrogens is 260 g/mol. The van der Waals surface area contributed by atoms with Crippen LogP contribution in [0.3, 0.4) is 0 Å². The Bertz CT molecular complexity index is 508. The van der Waals surface area contributed by atoms with E-state index in [1.54, 1.807) is 20.3 Å². The third-order valence-electron chi connectivity index (χ3n) is 3.20. The zero-order valence-electron chi connectivity index (χ0n) is 11.6. The molecule has 1 aliphatic heterocycles. The lowest BCUT2D eigenvalue weighted by molar-refractivity contribution is -0.112. The summed E-state index contributed by atoms with van der Waals surface area (Å²) in [4.78, 5) is 25.0. The van der Waals surface area contributed by atoms with Crippen LogP contribution in [-0.4, -0.2) is 52.2 Å². The minimum atomic E-state index is -0.572. The minimum absolute atomic E-state index is 0.428. The van der Waals surface area contributed by atoms with Crippen LogP contribution < -0.4 is 10.2 Å². The third-order valence-corrected chi connectivity index (χ3v) is 3.20. The van der Waals surface area contributed by atoms with Crippen LogP contribution in [0, 0.1) is 0 Å². The first-order valence-electron chi connectivity index (χ1n) is 6.40. The van der Waals surface area contributed by atoms with Crippen LogP contribution in [-0.2, 0) is 14.3 Å². The fraction of sp³-hybridized carbons (Fsp3) is 0.429. The highest BCUT2D eigenvalue weighted by atomic mass is 16.5. The molecule has 2 rings (SSSR count). The molecule has 0 aliphatic carbocycles. The molecule has 0 saturated heterocycles. The lowest BCUT2D eigenvalue weighted by atomic mass is 10.1. The largest absolute Gasteiger partial charge is 0.383 e. The van der Waals surface area contributed by atoms with Gasteiger partial charge < -0.3 is 19.7 Å². The Kier molecular flexibility index (Phi) is 4.70. The van der Waals surface area contributed by atoms with Crippen molar-refractivity contribution in [2.45, 2.75) is 0 Å². The molecule has 0 fully saturated rings. The van der Waals surface area contributed by atoms with E-state index in [4.69, 9.17) is 9.47 Å². The van der Waals surface area contributed by atoms with Crippen LogP contribution >= 0.6 is 0 Å². The minimum Gasteiger partial charge on any atom is -0.383 e. The fourth-order valence-electron chi connectivity index (χ4n) is 2.10. The number of nitrogens with zero attached hydrogens (tertiary/aromatic N) is 1. The van der Waals surface area contributed by atoms with Gasteiger partial charge >= 0.3 is 0 Å². The number of fused-ring (bicyclic) bond motifs is 1. The van der Waals surface area contributed by atoms with E-state index in [1.807, 2.05) is 12.1 Å². The average molecular weight is 278 g/mol. The Labute approximate surface area is 117 Å². The van der Waals surface area contributed by atoms with E-state index in [-0.39, 0.29) is 0 Å². The number of hydrogen-bond acceptors (Lipinski definition) is 5. The van der Waals surface area contributed by atoms with E-state index in [2.05, 4.69) is 10.2 Å². The summed E-state index contributed by atoms with van der Waals surface area (Å²) >= 11 is 0. The van der Waals surface area contributed by atoms with Gasteiger partial charge in [-0.2, -0.15) is 0 Å². The lowest BCUT2D eigenvalue weighted by Gasteiger charge is -2.24. The zero-order valence-corrected chi connectivity index (χ0v) is 11.6. The van der Waals surface area contributed by atoms with Gasteiger partial charge in [0.15, 0.2) is 0 Å². The molecule has 0 unspecified atom stereocenters. The van der Waals surface area contributed by atoms with Gasteiger partial charge in [-0.05, 0) is 18.2 Å². The Morgan fingerprint density at radius 1 is 1.10 bits per heavy atom. The molecule has 0 aromatic heterocycles. The molecule has 0 atom stereocenters. The van der Waals surface area contributed by atoms with Crippen LogP contribution in [0.4, 0.5) is 11.4 Å². The molecule has 108 valence electrons. The molecule has 0 saturated carbocycles. The molecule has 0 bridgehead atoms. The Morgan fingerprint density at radius 2 is 1.75 bits per heavy atom. The normalized spacial score (nSPS) is 13.3. The predicted molar refractivity (Wildman–Crippen MR) is 75.4 cm³/mol. The number of hydrogen-bond donors (Lipinski definition) is 1. The van der Waals surface area contributed by atoms with E-state index in [0.29, 0.717) is 37.6 Å². The second-order valence-corrected chi connectivity index (χ2v) is 4.49. The highest BCUT2D eigenvalue weighted by Gasteiger charge is 2.28. The predicted octanol–water partition coefficient (Wildman–Crippen LogP) is 0.921. The summed E-state index contributed by atoms with van der Waals surface area (Å²) in [5.74, 6) is -1.05. The Hall–Kier alpha value is -1.92. The number of ketones is 1. The van der Waals surface area contributed by atoms with Gasteiger partial charge in [-0.15, -0.1) is 0 Å². The van der Waals surface area contributed by atoms with Crippen molar-refractivity contribution < 1.29 is 19.1 Å². The summed E-state index contributed by atoms with van der Waals surface area (Å²) in [6.07, 6.45) is 0. The number of methoxy groups -OCH3 is 2. The van der Waals surface area contributed by atoms with Crippen molar-refractivity contribution in [3.63, 3.8) is 0 Å². The van der Waals surface area contributed by atoms with Crippen molar-refractivity contribution in [3.8, 4) is 0 Å². The maximum Gasteiger partial charge on any atom is 0.296 e. The summed E-state index contributed by atoms with van der Waals surface area (Å²) in [6.45, 7) is 2.60. The van der Waals surface area contributed by atoms with Crippen molar-refractivity contribution in [1.29, 1.82) is 0 Å². The first-order chi connectivity index (χ1) is 9.67. The SMILES string of the molecule is COCCN(CCOC)c1ccc2c(c1)NC(=O)C2=O. The molecule has 6 heteroatoms.